The van der Waals surface area contributed by atoms with Crippen LogP contribution in [0.1, 0.15) is 30.5 Å². The summed E-state index contributed by atoms with van der Waals surface area (Å²) in [5.41, 5.74) is -0.0933. The first-order valence-corrected chi connectivity index (χ1v) is 8.81. The first kappa shape index (κ1) is 17.4. The van der Waals surface area contributed by atoms with E-state index in [1.54, 1.807) is 11.3 Å². The molecule has 0 spiro atoms. The van der Waals surface area contributed by atoms with Gasteiger partial charge in [0, 0.05) is 42.5 Å². The summed E-state index contributed by atoms with van der Waals surface area (Å²) in [6.45, 7) is 12.2. The van der Waals surface area contributed by atoms with E-state index in [0.717, 1.165) is 31.1 Å². The zero-order valence-electron chi connectivity index (χ0n) is 14.1. The molecule has 1 N–H and O–H groups in total. The number of piperazine rings is 1. The van der Waals surface area contributed by atoms with Crippen molar-refractivity contribution >= 4 is 17.2 Å². The van der Waals surface area contributed by atoms with Crippen molar-refractivity contribution in [1.29, 1.82) is 0 Å². The Bertz CT molecular complexity index is 499. The maximum atomic E-state index is 12.3. The summed E-state index contributed by atoms with van der Waals surface area (Å²) in [6, 6.07) is 4.12. The lowest BCUT2D eigenvalue weighted by Crippen LogP contribution is -2.52. The predicted molar refractivity (Wildman–Crippen MR) is 91.2 cm³/mol. The highest BCUT2D eigenvalue weighted by Gasteiger charge is 2.27. The lowest BCUT2D eigenvalue weighted by Gasteiger charge is -2.38. The molecule has 22 heavy (non-hydrogen) atoms. The molecule has 1 aromatic heterocycles. The minimum absolute atomic E-state index is 0.0933. The first-order chi connectivity index (χ1) is 10.3. The molecule has 124 valence electrons. The molecule has 0 bridgehead atoms. The molecule has 0 unspecified atom stereocenters. The van der Waals surface area contributed by atoms with E-state index in [1.165, 1.54) is 4.88 Å². The van der Waals surface area contributed by atoms with Gasteiger partial charge in [-0.2, -0.15) is 0 Å². The van der Waals surface area contributed by atoms with Crippen LogP contribution in [-0.4, -0.2) is 59.6 Å². The number of thiophene rings is 1. The lowest BCUT2D eigenvalue weighted by molar-refractivity contribution is -0.132. The van der Waals surface area contributed by atoms with E-state index in [2.05, 4.69) is 38.7 Å². The molecule has 1 atom stereocenters. The van der Waals surface area contributed by atoms with Crippen LogP contribution in [0.25, 0.3) is 0 Å². The molecule has 0 aliphatic carbocycles. The minimum atomic E-state index is -0.330. The van der Waals surface area contributed by atoms with Crippen LogP contribution >= 0.6 is 11.3 Å². The predicted octanol–water partition coefficient (Wildman–Crippen LogP) is 2.15. The number of carbonyl (C=O) groups is 1. The van der Waals surface area contributed by atoms with Gasteiger partial charge in [0.1, 0.15) is 0 Å². The Morgan fingerprint density at radius 3 is 2.41 bits per heavy atom. The van der Waals surface area contributed by atoms with E-state index >= 15 is 0 Å². The van der Waals surface area contributed by atoms with Crippen molar-refractivity contribution in [1.82, 2.24) is 9.80 Å². The third kappa shape index (κ3) is 4.80. The van der Waals surface area contributed by atoms with Crippen molar-refractivity contribution in [2.45, 2.75) is 40.2 Å². The Morgan fingerprint density at radius 2 is 1.91 bits per heavy atom. The van der Waals surface area contributed by atoms with Gasteiger partial charge in [0.2, 0.25) is 5.91 Å². The molecule has 1 saturated heterocycles. The third-order valence-electron chi connectivity index (χ3n) is 4.28. The molecular formula is C17H28N2O2S. The Morgan fingerprint density at radius 1 is 1.27 bits per heavy atom. The molecule has 2 rings (SSSR count). The zero-order chi connectivity index (χ0) is 16.3. The van der Waals surface area contributed by atoms with Gasteiger partial charge in [-0.1, -0.05) is 20.8 Å². The number of amides is 1. The SMILES string of the molecule is Cc1ccc(CC(=O)N2CCN(C[C@@H](O)C(C)(C)C)CC2)s1. The van der Waals surface area contributed by atoms with Gasteiger partial charge in [0.05, 0.1) is 12.5 Å². The number of aryl methyl sites for hydroxylation is 1. The highest BCUT2D eigenvalue weighted by atomic mass is 32.1. The second-order valence-electron chi connectivity index (χ2n) is 7.25. The maximum Gasteiger partial charge on any atom is 0.227 e. The number of carbonyl (C=O) groups excluding carboxylic acids is 1. The summed E-state index contributed by atoms with van der Waals surface area (Å²) in [5, 5.41) is 10.2. The molecule has 1 aliphatic rings. The van der Waals surface area contributed by atoms with Gasteiger partial charge in [-0.15, -0.1) is 11.3 Å². The van der Waals surface area contributed by atoms with Crippen molar-refractivity contribution in [2.24, 2.45) is 5.41 Å². The molecule has 2 heterocycles. The van der Waals surface area contributed by atoms with Crippen molar-refractivity contribution in [3.8, 4) is 0 Å². The first-order valence-electron chi connectivity index (χ1n) is 7.99. The van der Waals surface area contributed by atoms with Crippen LogP contribution in [0.4, 0.5) is 0 Å². The number of nitrogens with zero attached hydrogens (tertiary/aromatic N) is 2. The summed E-state index contributed by atoms with van der Waals surface area (Å²) in [6.07, 6.45) is 0.187. The highest BCUT2D eigenvalue weighted by molar-refractivity contribution is 7.12. The van der Waals surface area contributed by atoms with Crippen LogP contribution in [-0.2, 0) is 11.2 Å². The van der Waals surface area contributed by atoms with Gasteiger partial charge in [0.25, 0.3) is 0 Å². The van der Waals surface area contributed by atoms with E-state index in [-0.39, 0.29) is 17.4 Å². The average molecular weight is 324 g/mol. The smallest absolute Gasteiger partial charge is 0.227 e. The van der Waals surface area contributed by atoms with Crippen molar-refractivity contribution in [3.05, 3.63) is 21.9 Å². The van der Waals surface area contributed by atoms with E-state index < -0.39 is 0 Å². The van der Waals surface area contributed by atoms with Gasteiger partial charge >= 0.3 is 0 Å². The normalized spacial score (nSPS) is 18.5. The summed E-state index contributed by atoms with van der Waals surface area (Å²) in [7, 11) is 0. The van der Waals surface area contributed by atoms with Gasteiger partial charge < -0.3 is 10.0 Å². The fourth-order valence-electron chi connectivity index (χ4n) is 2.54. The van der Waals surface area contributed by atoms with Crippen molar-refractivity contribution in [3.63, 3.8) is 0 Å². The Balaban J connectivity index is 1.78. The van der Waals surface area contributed by atoms with Crippen molar-refractivity contribution < 1.29 is 9.90 Å². The minimum Gasteiger partial charge on any atom is -0.391 e. The monoisotopic (exact) mass is 324 g/mol. The Hall–Kier alpha value is -0.910. The van der Waals surface area contributed by atoms with Crippen LogP contribution in [0.5, 0.6) is 0 Å². The number of hydrogen-bond donors (Lipinski definition) is 1. The molecule has 1 aliphatic heterocycles. The largest absolute Gasteiger partial charge is 0.391 e. The van der Waals surface area contributed by atoms with Gasteiger partial charge in [0.15, 0.2) is 0 Å². The van der Waals surface area contributed by atoms with Crippen LogP contribution in [0.2, 0.25) is 0 Å². The number of rotatable bonds is 4. The highest BCUT2D eigenvalue weighted by Crippen LogP contribution is 2.21. The number of aliphatic hydroxyl groups excluding tert-OH is 1. The standard InChI is InChI=1S/C17H28N2O2S/c1-13-5-6-14(22-13)11-16(21)19-9-7-18(8-10-19)12-15(20)17(2,3)4/h5-6,15,20H,7-12H2,1-4H3/t15-/m1/s1. The quantitative estimate of drug-likeness (QED) is 0.923. The molecule has 0 radical (unpaired) electrons. The van der Waals surface area contributed by atoms with Gasteiger partial charge in [-0.25, -0.2) is 0 Å². The molecule has 1 amide bonds. The zero-order valence-corrected chi connectivity index (χ0v) is 14.9. The fraction of sp³-hybridized carbons (Fsp3) is 0.706. The van der Waals surface area contributed by atoms with Gasteiger partial charge in [-0.3, -0.25) is 9.69 Å². The van der Waals surface area contributed by atoms with Crippen LogP contribution < -0.4 is 0 Å². The number of hydrogen-bond acceptors (Lipinski definition) is 4. The summed E-state index contributed by atoms with van der Waals surface area (Å²) >= 11 is 1.70. The second kappa shape index (κ2) is 7.11. The average Bonchev–Trinajstić information content (AvgIpc) is 2.83. The van der Waals surface area contributed by atoms with E-state index in [0.29, 0.717) is 13.0 Å². The molecule has 4 nitrogen and oxygen atoms in total. The van der Waals surface area contributed by atoms with Crippen LogP contribution in [0, 0.1) is 12.3 Å². The lowest BCUT2D eigenvalue weighted by atomic mass is 9.89. The molecule has 1 aromatic rings. The van der Waals surface area contributed by atoms with Crippen LogP contribution in [0.15, 0.2) is 12.1 Å². The van der Waals surface area contributed by atoms with E-state index in [1.807, 2.05) is 11.0 Å². The Kier molecular flexibility index (Phi) is 5.64. The molecule has 5 heteroatoms. The van der Waals surface area contributed by atoms with E-state index in [4.69, 9.17) is 0 Å². The number of aliphatic hydroxyl groups is 1. The maximum absolute atomic E-state index is 12.3. The number of β-amino-alcohol motifs (C(OH)–C–C–N with tert-alkyl or cyclic N) is 1. The van der Waals surface area contributed by atoms with Gasteiger partial charge in [-0.05, 0) is 24.5 Å². The molecule has 0 aromatic carbocycles. The van der Waals surface area contributed by atoms with E-state index in [9.17, 15) is 9.90 Å². The second-order valence-corrected chi connectivity index (χ2v) is 8.62. The molecular weight excluding hydrogens is 296 g/mol. The summed E-state index contributed by atoms with van der Waals surface area (Å²) < 4.78 is 0. The topological polar surface area (TPSA) is 43.8 Å². The van der Waals surface area contributed by atoms with Crippen molar-refractivity contribution in [2.75, 3.05) is 32.7 Å². The third-order valence-corrected chi connectivity index (χ3v) is 5.28. The Labute approximate surface area is 137 Å². The molecule has 1 fully saturated rings. The van der Waals surface area contributed by atoms with Crippen LogP contribution in [0.3, 0.4) is 0 Å². The summed E-state index contributed by atoms with van der Waals surface area (Å²) in [4.78, 5) is 18.9. The molecule has 0 saturated carbocycles. The summed E-state index contributed by atoms with van der Waals surface area (Å²) in [5.74, 6) is 0.220. The fourth-order valence-corrected chi connectivity index (χ4v) is 3.42.